The van der Waals surface area contributed by atoms with Gasteiger partial charge in [-0.3, -0.25) is 0 Å². The van der Waals surface area contributed by atoms with E-state index in [2.05, 4.69) is 0 Å². The minimum atomic E-state index is 0.324. The molecular weight excluding hydrogens is 72.9 g/mol. The summed E-state index contributed by atoms with van der Waals surface area (Å²) in [7, 11) is 5.13. The topological polar surface area (TPSA) is 26.0 Å². The Labute approximate surface area is 39.6 Å². The zero-order valence-corrected chi connectivity index (χ0v) is 4.23. The fourth-order valence-corrected chi connectivity index (χ4v) is 0. The quantitative estimate of drug-likeness (QED) is 0.439. The maximum absolute atomic E-state index is 5.13. The predicted octanol–water partition coefficient (Wildman–Crippen LogP) is -0.101. The van der Waals surface area contributed by atoms with Gasteiger partial charge in [0.15, 0.2) is 0 Å². The summed E-state index contributed by atoms with van der Waals surface area (Å²) < 4.78 is 0. The molecule has 1 radical (unpaired) electrons. The van der Waals surface area contributed by atoms with E-state index < -0.39 is 0 Å². The first-order valence-electron chi connectivity index (χ1n) is 2.02. The van der Waals surface area contributed by atoms with Gasteiger partial charge >= 0.3 is 38.6 Å². The standard InChI is InChI=1S/C4H9BN/c1-3(2)4(5)6/h3H,6H2,1-2H3. The van der Waals surface area contributed by atoms with Gasteiger partial charge in [0.25, 0.3) is 0 Å². The van der Waals surface area contributed by atoms with Crippen LogP contribution in [0.15, 0.2) is 0 Å². The van der Waals surface area contributed by atoms with Crippen molar-refractivity contribution in [2.24, 2.45) is 11.7 Å². The van der Waals surface area contributed by atoms with Crippen LogP contribution in [0.4, 0.5) is 0 Å². The Morgan fingerprint density at radius 1 is 1.67 bits per heavy atom. The van der Waals surface area contributed by atoms with E-state index in [1.54, 1.807) is 0 Å². The van der Waals surface area contributed by atoms with Gasteiger partial charge in [0, 0.05) is 0 Å². The Hall–Kier alpha value is -0.265. The molecule has 0 fully saturated rings. The monoisotopic (exact) mass is 82.1 g/mol. The van der Waals surface area contributed by atoms with Gasteiger partial charge in [0.2, 0.25) is 0 Å². The fourth-order valence-electron chi connectivity index (χ4n) is 0. The Morgan fingerprint density at radius 2 is 1.83 bits per heavy atom. The summed E-state index contributed by atoms with van der Waals surface area (Å²) in [6.07, 6.45) is 0. The minimum absolute atomic E-state index is 0.324. The van der Waals surface area contributed by atoms with E-state index in [0.717, 1.165) is 0 Å². The molecule has 0 aliphatic rings. The zero-order chi connectivity index (χ0) is 5.15. The fraction of sp³-hybridized carbons (Fsp3) is 0.750. The van der Waals surface area contributed by atoms with Crippen LogP contribution < -0.4 is 5.73 Å². The van der Waals surface area contributed by atoms with Crippen LogP contribution in [0.2, 0.25) is 0 Å². The second-order valence-electron chi connectivity index (χ2n) is 1.65. The van der Waals surface area contributed by atoms with Crippen LogP contribution in [0.5, 0.6) is 0 Å². The Morgan fingerprint density at radius 3 is 1.83 bits per heavy atom. The summed E-state index contributed by atoms with van der Waals surface area (Å²) in [5.74, 6) is 0.324. The summed E-state index contributed by atoms with van der Waals surface area (Å²) in [6.45, 7) is 3.91. The Kier molecular flexibility index (Phi) is 1.92. The van der Waals surface area contributed by atoms with Crippen molar-refractivity contribution in [2.75, 3.05) is 0 Å². The number of hydrogen-bond acceptors (Lipinski definition) is 1. The van der Waals surface area contributed by atoms with E-state index in [-0.39, 0.29) is 0 Å². The Balaban J connectivity index is 3.26. The molecule has 0 aromatic carbocycles. The van der Waals surface area contributed by atoms with Crippen LogP contribution in [0.25, 0.3) is 0 Å². The first kappa shape index (κ1) is 5.73. The van der Waals surface area contributed by atoms with Gasteiger partial charge < -0.3 is 0 Å². The molecule has 1 nitrogen and oxygen atoms in total. The molecular formula is C4H9BN. The molecule has 0 aromatic heterocycles. The molecule has 0 heterocycles. The summed E-state index contributed by atoms with van der Waals surface area (Å²) >= 11 is 0. The van der Waals surface area contributed by atoms with Crippen molar-refractivity contribution in [3.05, 3.63) is 0 Å². The van der Waals surface area contributed by atoms with Crippen LogP contribution in [0.3, 0.4) is 0 Å². The van der Waals surface area contributed by atoms with E-state index in [0.29, 0.717) is 11.5 Å². The molecule has 0 aliphatic carbocycles. The maximum atomic E-state index is 5.13. The molecule has 0 atom stereocenters. The van der Waals surface area contributed by atoms with Crippen molar-refractivity contribution >= 4 is 13.1 Å². The van der Waals surface area contributed by atoms with Crippen molar-refractivity contribution in [3.8, 4) is 0 Å². The number of nitrogens with two attached hydrogens (primary N) is 1. The third-order valence-corrected chi connectivity index (χ3v) is 0.667. The van der Waals surface area contributed by atoms with Crippen LogP contribution in [-0.2, 0) is 0 Å². The van der Waals surface area contributed by atoms with Crippen molar-refractivity contribution in [3.63, 3.8) is 0 Å². The molecule has 0 saturated heterocycles. The summed E-state index contributed by atoms with van der Waals surface area (Å²) in [6, 6.07) is 0. The van der Waals surface area contributed by atoms with Gasteiger partial charge in [-0.05, 0) is 0 Å². The number of rotatable bonds is 1. The normalized spacial score (nSPS) is 9.00. The second kappa shape index (κ2) is 2.01. The third kappa shape index (κ3) is 2.00. The average Bonchev–Trinajstić information content (AvgIpc) is 1.36. The van der Waals surface area contributed by atoms with Crippen LogP contribution in [-0.4, -0.2) is 13.1 Å². The van der Waals surface area contributed by atoms with E-state index in [1.165, 1.54) is 0 Å². The second-order valence-corrected chi connectivity index (χ2v) is 1.65. The van der Waals surface area contributed by atoms with Gasteiger partial charge in [-0.2, -0.15) is 0 Å². The molecule has 33 valence electrons. The van der Waals surface area contributed by atoms with Crippen molar-refractivity contribution in [1.82, 2.24) is 0 Å². The SMILES string of the molecule is [B]=C(N)C(C)C. The van der Waals surface area contributed by atoms with Crippen LogP contribution in [0, 0.1) is 5.92 Å². The predicted molar refractivity (Wildman–Crippen MR) is 29.8 cm³/mol. The summed E-state index contributed by atoms with van der Waals surface area (Å²) in [5, 5.41) is 0. The van der Waals surface area contributed by atoms with Crippen molar-refractivity contribution in [1.29, 1.82) is 0 Å². The molecule has 0 amide bonds. The van der Waals surface area contributed by atoms with E-state index >= 15 is 0 Å². The molecule has 0 rings (SSSR count). The molecule has 0 aliphatic heterocycles. The van der Waals surface area contributed by atoms with Gasteiger partial charge in [-0.25, -0.2) is 0 Å². The Bertz CT molecular complexity index is 58.6. The van der Waals surface area contributed by atoms with Gasteiger partial charge in [-0.15, -0.1) is 0 Å². The van der Waals surface area contributed by atoms with E-state index in [4.69, 9.17) is 13.2 Å². The molecule has 0 bridgehead atoms. The third-order valence-electron chi connectivity index (χ3n) is 0.667. The first-order chi connectivity index (χ1) is 2.64. The van der Waals surface area contributed by atoms with Gasteiger partial charge in [0.05, 0.1) is 0 Å². The molecule has 6 heavy (non-hydrogen) atoms. The molecule has 2 N–H and O–H groups in total. The average molecular weight is 81.9 g/mol. The number of hydrogen-bond donors (Lipinski definition) is 1. The van der Waals surface area contributed by atoms with Crippen LogP contribution >= 0.6 is 0 Å². The summed E-state index contributed by atoms with van der Waals surface area (Å²) in [5.41, 5.74) is 5.64. The molecule has 0 unspecified atom stereocenters. The van der Waals surface area contributed by atoms with Crippen LogP contribution in [0.1, 0.15) is 13.8 Å². The first-order valence-corrected chi connectivity index (χ1v) is 2.02. The van der Waals surface area contributed by atoms with Gasteiger partial charge in [0.1, 0.15) is 0 Å². The molecule has 2 heteroatoms. The van der Waals surface area contributed by atoms with Crippen molar-refractivity contribution < 1.29 is 0 Å². The molecule has 0 aromatic rings. The van der Waals surface area contributed by atoms with Crippen molar-refractivity contribution in [2.45, 2.75) is 13.8 Å². The summed E-state index contributed by atoms with van der Waals surface area (Å²) in [4.78, 5) is 0. The van der Waals surface area contributed by atoms with E-state index in [1.807, 2.05) is 13.8 Å². The van der Waals surface area contributed by atoms with E-state index in [9.17, 15) is 0 Å². The zero-order valence-electron chi connectivity index (χ0n) is 4.23. The van der Waals surface area contributed by atoms with Gasteiger partial charge in [-0.1, -0.05) is 0 Å². The molecule has 0 saturated carbocycles. The molecule has 0 spiro atoms.